The van der Waals surface area contributed by atoms with Gasteiger partial charge in [-0.15, -0.1) is 0 Å². The molecule has 0 aliphatic rings. The lowest BCUT2D eigenvalue weighted by Crippen LogP contribution is -2.06. The van der Waals surface area contributed by atoms with Crippen molar-refractivity contribution in [3.05, 3.63) is 64.2 Å². The minimum atomic E-state index is -0.594. The molecule has 0 aliphatic heterocycles. The number of ether oxygens (including phenoxy) is 1. The molecule has 1 atom stereocenters. The highest BCUT2D eigenvalue weighted by atomic mass is 16.5. The highest BCUT2D eigenvalue weighted by molar-refractivity contribution is 5.46. The van der Waals surface area contributed by atoms with E-state index in [1.54, 1.807) is 0 Å². The molecule has 0 aromatic heterocycles. The summed E-state index contributed by atoms with van der Waals surface area (Å²) >= 11 is 0. The number of unbranched alkanes of at least 4 members (excludes halogenated alkanes) is 3. The standard InChI is InChI=1S/C24H34O2/c1-5-7-9-17-26-23-16-15-22(18(3)19(23)4)24(25)21-13-11-20(12-14-21)10-8-6-2/h11-16,24-25H,5-10,17H2,1-4H3. The van der Waals surface area contributed by atoms with Crippen molar-refractivity contribution in [1.82, 2.24) is 0 Å². The van der Waals surface area contributed by atoms with Crippen molar-refractivity contribution in [3.63, 3.8) is 0 Å². The van der Waals surface area contributed by atoms with E-state index in [2.05, 4.69) is 52.0 Å². The fourth-order valence-corrected chi connectivity index (χ4v) is 3.23. The molecule has 0 spiro atoms. The van der Waals surface area contributed by atoms with Crippen molar-refractivity contribution in [2.75, 3.05) is 6.61 Å². The molecular weight excluding hydrogens is 320 g/mol. The Morgan fingerprint density at radius 3 is 2.19 bits per heavy atom. The van der Waals surface area contributed by atoms with Crippen LogP contribution in [0, 0.1) is 13.8 Å². The summed E-state index contributed by atoms with van der Waals surface area (Å²) < 4.78 is 5.93. The summed E-state index contributed by atoms with van der Waals surface area (Å²) in [5.74, 6) is 0.935. The SMILES string of the molecule is CCCCCOc1ccc(C(O)c2ccc(CCCC)cc2)c(C)c1C. The number of hydrogen-bond donors (Lipinski definition) is 1. The Kier molecular flexibility index (Phi) is 8.18. The largest absolute Gasteiger partial charge is 0.493 e. The average molecular weight is 355 g/mol. The summed E-state index contributed by atoms with van der Waals surface area (Å²) in [5.41, 5.74) is 5.48. The van der Waals surface area contributed by atoms with E-state index >= 15 is 0 Å². The average Bonchev–Trinajstić information content (AvgIpc) is 2.66. The number of aryl methyl sites for hydroxylation is 1. The van der Waals surface area contributed by atoms with Crippen LogP contribution in [0.5, 0.6) is 5.75 Å². The molecule has 0 radical (unpaired) electrons. The first-order valence-corrected chi connectivity index (χ1v) is 10.1. The Labute approximate surface area is 159 Å². The molecule has 1 unspecified atom stereocenters. The van der Waals surface area contributed by atoms with Crippen molar-refractivity contribution < 1.29 is 9.84 Å². The van der Waals surface area contributed by atoms with Crippen molar-refractivity contribution in [1.29, 1.82) is 0 Å². The maximum Gasteiger partial charge on any atom is 0.122 e. The fraction of sp³-hybridized carbons (Fsp3) is 0.500. The highest BCUT2D eigenvalue weighted by Crippen LogP contribution is 2.31. The second-order valence-electron chi connectivity index (χ2n) is 7.21. The lowest BCUT2D eigenvalue weighted by atomic mass is 9.93. The number of aliphatic hydroxyl groups is 1. The first-order chi connectivity index (χ1) is 12.6. The first-order valence-electron chi connectivity index (χ1n) is 10.1. The maximum absolute atomic E-state index is 10.9. The molecule has 0 saturated heterocycles. The van der Waals surface area contributed by atoms with Crippen LogP contribution < -0.4 is 4.74 Å². The van der Waals surface area contributed by atoms with Gasteiger partial charge in [-0.1, -0.05) is 63.4 Å². The minimum absolute atomic E-state index is 0.594. The van der Waals surface area contributed by atoms with Crippen LogP contribution in [-0.4, -0.2) is 11.7 Å². The molecule has 142 valence electrons. The molecule has 0 heterocycles. The second kappa shape index (κ2) is 10.4. The smallest absolute Gasteiger partial charge is 0.122 e. The van der Waals surface area contributed by atoms with E-state index < -0.39 is 6.10 Å². The van der Waals surface area contributed by atoms with E-state index in [1.807, 2.05) is 12.1 Å². The highest BCUT2D eigenvalue weighted by Gasteiger charge is 2.16. The number of hydrogen-bond acceptors (Lipinski definition) is 2. The molecule has 0 aliphatic carbocycles. The monoisotopic (exact) mass is 354 g/mol. The normalized spacial score (nSPS) is 12.2. The Balaban J connectivity index is 2.11. The van der Waals surface area contributed by atoms with E-state index in [9.17, 15) is 5.11 Å². The topological polar surface area (TPSA) is 29.5 Å². The maximum atomic E-state index is 10.9. The molecule has 2 heteroatoms. The summed E-state index contributed by atoms with van der Waals surface area (Å²) in [6.45, 7) is 9.31. The molecular formula is C24H34O2. The molecule has 0 saturated carbocycles. The van der Waals surface area contributed by atoms with Gasteiger partial charge >= 0.3 is 0 Å². The zero-order chi connectivity index (χ0) is 18.9. The lowest BCUT2D eigenvalue weighted by Gasteiger charge is -2.19. The van der Waals surface area contributed by atoms with E-state index in [0.717, 1.165) is 47.5 Å². The molecule has 2 rings (SSSR count). The van der Waals surface area contributed by atoms with Crippen LogP contribution in [0.1, 0.15) is 79.9 Å². The van der Waals surface area contributed by atoms with Crippen LogP contribution in [0.3, 0.4) is 0 Å². The van der Waals surface area contributed by atoms with Gasteiger partial charge in [0, 0.05) is 0 Å². The third-order valence-corrected chi connectivity index (χ3v) is 5.19. The minimum Gasteiger partial charge on any atom is -0.493 e. The summed E-state index contributed by atoms with van der Waals surface area (Å²) in [5, 5.41) is 10.9. The Morgan fingerprint density at radius 1 is 0.846 bits per heavy atom. The molecule has 2 nitrogen and oxygen atoms in total. The van der Waals surface area contributed by atoms with Crippen LogP contribution in [0.4, 0.5) is 0 Å². The van der Waals surface area contributed by atoms with Crippen LogP contribution in [0.15, 0.2) is 36.4 Å². The van der Waals surface area contributed by atoms with Gasteiger partial charge in [0.25, 0.3) is 0 Å². The van der Waals surface area contributed by atoms with Crippen LogP contribution >= 0.6 is 0 Å². The molecule has 0 fully saturated rings. The number of aliphatic hydroxyl groups excluding tert-OH is 1. The van der Waals surface area contributed by atoms with Crippen LogP contribution in [0.2, 0.25) is 0 Å². The Hall–Kier alpha value is -1.80. The third kappa shape index (κ3) is 5.35. The Morgan fingerprint density at radius 2 is 1.54 bits per heavy atom. The molecule has 2 aromatic carbocycles. The fourth-order valence-electron chi connectivity index (χ4n) is 3.23. The molecule has 1 N–H and O–H groups in total. The zero-order valence-electron chi connectivity index (χ0n) is 16.8. The van der Waals surface area contributed by atoms with E-state index in [1.165, 1.54) is 31.2 Å². The summed E-state index contributed by atoms with van der Waals surface area (Å²) in [6.07, 6.45) is 6.41. The predicted octanol–water partition coefficient (Wildman–Crippen LogP) is 6.30. The predicted molar refractivity (Wildman–Crippen MR) is 110 cm³/mol. The van der Waals surface area contributed by atoms with Gasteiger partial charge in [0.1, 0.15) is 11.9 Å². The van der Waals surface area contributed by atoms with Gasteiger partial charge < -0.3 is 9.84 Å². The first kappa shape index (κ1) is 20.5. The summed E-state index contributed by atoms with van der Waals surface area (Å²) in [7, 11) is 0. The van der Waals surface area contributed by atoms with Crippen molar-refractivity contribution in [2.45, 2.75) is 72.3 Å². The third-order valence-electron chi connectivity index (χ3n) is 5.19. The van der Waals surface area contributed by atoms with E-state index in [0.29, 0.717) is 0 Å². The number of benzene rings is 2. The quantitative estimate of drug-likeness (QED) is 0.508. The van der Waals surface area contributed by atoms with Gasteiger partial charge in [0.2, 0.25) is 0 Å². The van der Waals surface area contributed by atoms with Gasteiger partial charge in [-0.3, -0.25) is 0 Å². The van der Waals surface area contributed by atoms with E-state index in [-0.39, 0.29) is 0 Å². The number of rotatable bonds is 10. The molecule has 26 heavy (non-hydrogen) atoms. The van der Waals surface area contributed by atoms with Gasteiger partial charge in [-0.05, 0) is 67.0 Å². The van der Waals surface area contributed by atoms with Gasteiger partial charge in [-0.25, -0.2) is 0 Å². The zero-order valence-corrected chi connectivity index (χ0v) is 16.8. The van der Waals surface area contributed by atoms with E-state index in [4.69, 9.17) is 4.74 Å². The van der Waals surface area contributed by atoms with Crippen LogP contribution in [-0.2, 0) is 6.42 Å². The van der Waals surface area contributed by atoms with Crippen LogP contribution in [0.25, 0.3) is 0 Å². The summed E-state index contributed by atoms with van der Waals surface area (Å²) in [6, 6.07) is 12.4. The van der Waals surface area contributed by atoms with Crippen molar-refractivity contribution >= 4 is 0 Å². The molecule has 2 aromatic rings. The second-order valence-corrected chi connectivity index (χ2v) is 7.21. The van der Waals surface area contributed by atoms with Gasteiger partial charge in [-0.2, -0.15) is 0 Å². The van der Waals surface area contributed by atoms with Crippen molar-refractivity contribution in [2.24, 2.45) is 0 Å². The van der Waals surface area contributed by atoms with Gasteiger partial charge in [0.15, 0.2) is 0 Å². The van der Waals surface area contributed by atoms with Gasteiger partial charge in [0.05, 0.1) is 6.61 Å². The van der Waals surface area contributed by atoms with Crippen molar-refractivity contribution in [3.8, 4) is 5.75 Å². The molecule has 0 amide bonds. The Bertz CT molecular complexity index is 673. The molecule has 0 bridgehead atoms. The lowest BCUT2D eigenvalue weighted by molar-refractivity contribution is 0.219. The summed E-state index contributed by atoms with van der Waals surface area (Å²) in [4.78, 5) is 0.